The van der Waals surface area contributed by atoms with Gasteiger partial charge in [0, 0.05) is 24.0 Å². The van der Waals surface area contributed by atoms with Crippen LogP contribution in [0.1, 0.15) is 18.5 Å². The molecule has 4 rings (SSSR count). The third kappa shape index (κ3) is 3.61. The molecule has 5 nitrogen and oxygen atoms in total. The van der Waals surface area contributed by atoms with Crippen molar-refractivity contribution in [3.05, 3.63) is 41.4 Å². The molecule has 2 fully saturated rings. The first-order valence-corrected chi connectivity index (χ1v) is 9.78. The van der Waals surface area contributed by atoms with Crippen molar-refractivity contribution in [3.8, 4) is 10.6 Å². The van der Waals surface area contributed by atoms with Gasteiger partial charge in [-0.1, -0.05) is 30.3 Å². The van der Waals surface area contributed by atoms with Crippen LogP contribution >= 0.6 is 11.3 Å². The van der Waals surface area contributed by atoms with Gasteiger partial charge in [0.2, 0.25) is 5.91 Å². The van der Waals surface area contributed by atoms with Crippen LogP contribution in [0.3, 0.4) is 0 Å². The predicted molar refractivity (Wildman–Crippen MR) is 98.4 cm³/mol. The Morgan fingerprint density at radius 1 is 1.20 bits per heavy atom. The maximum atomic E-state index is 12.6. The van der Waals surface area contributed by atoms with Crippen LogP contribution in [0.4, 0.5) is 0 Å². The minimum absolute atomic E-state index is 0.0608. The molecule has 1 amide bonds. The van der Waals surface area contributed by atoms with Crippen molar-refractivity contribution in [2.24, 2.45) is 0 Å². The topological polar surface area (TPSA) is 56.7 Å². The normalized spacial score (nSPS) is 24.1. The first-order chi connectivity index (χ1) is 12.2. The van der Waals surface area contributed by atoms with Crippen LogP contribution in [-0.4, -0.2) is 64.1 Å². The Bertz CT molecular complexity index is 727. The molecule has 0 bridgehead atoms. The summed E-state index contributed by atoms with van der Waals surface area (Å²) in [6, 6.07) is 10.1. The molecule has 2 saturated heterocycles. The molecule has 2 aromatic rings. The van der Waals surface area contributed by atoms with E-state index in [0.717, 1.165) is 29.4 Å². The van der Waals surface area contributed by atoms with Gasteiger partial charge in [0.05, 0.1) is 24.3 Å². The van der Waals surface area contributed by atoms with E-state index >= 15 is 0 Å². The largest absolute Gasteiger partial charge is 0.390 e. The van der Waals surface area contributed by atoms with E-state index in [0.29, 0.717) is 19.5 Å². The van der Waals surface area contributed by atoms with Gasteiger partial charge >= 0.3 is 0 Å². The number of amides is 1. The second kappa shape index (κ2) is 7.23. The van der Waals surface area contributed by atoms with Crippen LogP contribution in [0.2, 0.25) is 0 Å². The number of rotatable bonds is 4. The van der Waals surface area contributed by atoms with E-state index in [-0.39, 0.29) is 11.9 Å². The number of thiazole rings is 1. The van der Waals surface area contributed by atoms with E-state index in [1.807, 2.05) is 35.7 Å². The maximum Gasteiger partial charge on any atom is 0.228 e. The molecular weight excluding hydrogens is 334 g/mol. The summed E-state index contributed by atoms with van der Waals surface area (Å²) in [6.45, 7) is 3.15. The Kier molecular flexibility index (Phi) is 4.83. The van der Waals surface area contributed by atoms with Gasteiger partial charge in [-0.3, -0.25) is 9.69 Å². The summed E-state index contributed by atoms with van der Waals surface area (Å²) in [4.78, 5) is 21.4. The fraction of sp³-hybridized carbons (Fsp3) is 0.474. The molecule has 0 spiro atoms. The smallest absolute Gasteiger partial charge is 0.228 e. The molecule has 2 atom stereocenters. The van der Waals surface area contributed by atoms with Crippen LogP contribution in [0.15, 0.2) is 35.7 Å². The number of aromatic nitrogens is 1. The Morgan fingerprint density at radius 2 is 1.96 bits per heavy atom. The zero-order valence-corrected chi connectivity index (χ0v) is 15.0. The van der Waals surface area contributed by atoms with Crippen molar-refractivity contribution in [2.45, 2.75) is 31.4 Å². The highest BCUT2D eigenvalue weighted by atomic mass is 32.1. The van der Waals surface area contributed by atoms with E-state index in [2.05, 4.69) is 9.88 Å². The molecule has 6 heteroatoms. The minimum Gasteiger partial charge on any atom is -0.390 e. The van der Waals surface area contributed by atoms with Gasteiger partial charge in [-0.05, 0) is 25.9 Å². The highest BCUT2D eigenvalue weighted by molar-refractivity contribution is 7.13. The van der Waals surface area contributed by atoms with Gasteiger partial charge in [-0.25, -0.2) is 4.98 Å². The van der Waals surface area contributed by atoms with Crippen LogP contribution < -0.4 is 0 Å². The zero-order chi connectivity index (χ0) is 17.2. The van der Waals surface area contributed by atoms with E-state index in [1.165, 1.54) is 12.8 Å². The number of aliphatic hydroxyl groups is 1. The number of β-amino-alcohol motifs (C(OH)–C–C–N with tert-alkyl or cyclic N) is 1. The van der Waals surface area contributed by atoms with Crippen LogP contribution in [-0.2, 0) is 11.2 Å². The highest BCUT2D eigenvalue weighted by Crippen LogP contribution is 2.25. The molecule has 1 aromatic heterocycles. The fourth-order valence-corrected chi connectivity index (χ4v) is 4.60. The van der Waals surface area contributed by atoms with E-state index < -0.39 is 6.10 Å². The molecule has 3 heterocycles. The molecular formula is C19H23N3O2S. The summed E-state index contributed by atoms with van der Waals surface area (Å²) in [5.41, 5.74) is 1.89. The van der Waals surface area contributed by atoms with Crippen LogP contribution in [0.5, 0.6) is 0 Å². The summed E-state index contributed by atoms with van der Waals surface area (Å²) < 4.78 is 0. The lowest BCUT2D eigenvalue weighted by Crippen LogP contribution is -2.41. The summed E-state index contributed by atoms with van der Waals surface area (Å²) in [7, 11) is 0. The van der Waals surface area contributed by atoms with Crippen molar-refractivity contribution in [1.29, 1.82) is 0 Å². The second-order valence-electron chi connectivity index (χ2n) is 6.86. The Balaban J connectivity index is 1.38. The lowest BCUT2D eigenvalue weighted by atomic mass is 10.2. The minimum atomic E-state index is -0.433. The van der Waals surface area contributed by atoms with Gasteiger partial charge in [0.25, 0.3) is 0 Å². The predicted octanol–water partition coefficient (Wildman–Crippen LogP) is 2.02. The van der Waals surface area contributed by atoms with Gasteiger partial charge in [0.1, 0.15) is 5.01 Å². The summed E-state index contributed by atoms with van der Waals surface area (Å²) >= 11 is 1.57. The third-order valence-corrected chi connectivity index (χ3v) is 6.07. The number of nitrogens with zero attached hydrogens (tertiary/aromatic N) is 3. The molecule has 2 aliphatic heterocycles. The van der Waals surface area contributed by atoms with E-state index in [9.17, 15) is 9.90 Å². The number of hydrogen-bond acceptors (Lipinski definition) is 5. The first-order valence-electron chi connectivity index (χ1n) is 8.90. The SMILES string of the molecule is O=C(Cc1csc(-c2ccccc2)n1)N1C[C@@H](O)[C@H](N2CCCC2)C1. The quantitative estimate of drug-likeness (QED) is 0.910. The van der Waals surface area contributed by atoms with E-state index in [1.54, 1.807) is 16.2 Å². The number of carbonyl (C=O) groups excluding carboxylic acids is 1. The number of aliphatic hydroxyl groups excluding tert-OH is 1. The molecule has 1 aromatic carbocycles. The van der Waals surface area contributed by atoms with Crippen molar-refractivity contribution < 1.29 is 9.90 Å². The standard InChI is InChI=1S/C19H23N3O2S/c23-17-12-22(11-16(17)21-8-4-5-9-21)18(24)10-15-13-25-19(20-15)14-6-2-1-3-7-14/h1-3,6-7,13,16-17,23H,4-5,8-12H2/t16-,17-/m1/s1. The van der Waals surface area contributed by atoms with E-state index in [4.69, 9.17) is 0 Å². The maximum absolute atomic E-state index is 12.6. The van der Waals surface area contributed by atoms with Gasteiger partial charge in [-0.15, -0.1) is 11.3 Å². The molecule has 0 aliphatic carbocycles. The third-order valence-electron chi connectivity index (χ3n) is 5.13. The molecule has 1 N–H and O–H groups in total. The number of carbonyl (C=O) groups is 1. The molecule has 0 saturated carbocycles. The van der Waals surface area contributed by atoms with Gasteiger partial charge in [-0.2, -0.15) is 0 Å². The summed E-state index contributed by atoms with van der Waals surface area (Å²) in [5.74, 6) is 0.0608. The van der Waals surface area contributed by atoms with Crippen LogP contribution in [0.25, 0.3) is 10.6 Å². The number of likely N-dealkylation sites (tertiary alicyclic amines) is 2. The zero-order valence-electron chi connectivity index (χ0n) is 14.2. The lowest BCUT2D eigenvalue weighted by Gasteiger charge is -2.25. The fourth-order valence-electron chi connectivity index (χ4n) is 3.77. The van der Waals surface area contributed by atoms with Crippen molar-refractivity contribution in [1.82, 2.24) is 14.8 Å². The Morgan fingerprint density at radius 3 is 2.72 bits per heavy atom. The molecule has 0 radical (unpaired) electrons. The number of benzene rings is 1. The monoisotopic (exact) mass is 357 g/mol. The summed E-state index contributed by atoms with van der Waals surface area (Å²) in [5, 5.41) is 13.2. The second-order valence-corrected chi connectivity index (χ2v) is 7.72. The lowest BCUT2D eigenvalue weighted by molar-refractivity contribution is -0.129. The van der Waals surface area contributed by atoms with Crippen molar-refractivity contribution in [2.75, 3.05) is 26.2 Å². The molecule has 132 valence electrons. The first kappa shape index (κ1) is 16.7. The van der Waals surface area contributed by atoms with Crippen LogP contribution in [0, 0.1) is 0 Å². The molecule has 0 unspecified atom stereocenters. The van der Waals surface area contributed by atoms with Gasteiger partial charge < -0.3 is 10.0 Å². The summed E-state index contributed by atoms with van der Waals surface area (Å²) in [6.07, 6.45) is 2.26. The van der Waals surface area contributed by atoms with Gasteiger partial charge in [0.15, 0.2) is 0 Å². The Hall–Kier alpha value is -1.76. The highest BCUT2D eigenvalue weighted by Gasteiger charge is 2.38. The molecule has 2 aliphatic rings. The average molecular weight is 357 g/mol. The molecule has 25 heavy (non-hydrogen) atoms. The van der Waals surface area contributed by atoms with Crippen molar-refractivity contribution >= 4 is 17.2 Å². The van der Waals surface area contributed by atoms with Crippen molar-refractivity contribution in [3.63, 3.8) is 0 Å². The Labute approximate surface area is 151 Å². The average Bonchev–Trinajstić information content (AvgIpc) is 3.35. The number of hydrogen-bond donors (Lipinski definition) is 1.